The van der Waals surface area contributed by atoms with E-state index in [1.54, 1.807) is 33.5 Å². The number of likely N-dealkylation sites (N-methyl/N-ethyl adjacent to an activating group) is 3. The van der Waals surface area contributed by atoms with Gasteiger partial charge in [0.25, 0.3) is 0 Å². The number of halogens is 3. The first-order valence-corrected chi connectivity index (χ1v) is 34.4. The molecule has 3 heterocycles. The highest BCUT2D eigenvalue weighted by molar-refractivity contribution is 14.1. The van der Waals surface area contributed by atoms with Gasteiger partial charge >= 0.3 is 0 Å². The standard InChI is InChI=1S/C27H35N3O2.C23H27N3O2.C12H15BrN2.C11H13NO2.C4H9I.HI/c1-5-6-16-30(2,3)17-15-23-20-28-26-13-9-21(18-25(23)26)10-14-27(31)29-19-22-7-11-24(32-4)12-8-22;1-26(2)13-12-19-16-24-22-10-6-17(14-21(19)22)7-11-23(27)25-15-18-4-8-20(28-3)9-5-18;1-15(2)6-5-9-8-14-12-4-3-10(13)7-11(9)12;1-3-11(13)12-8-9-4-6-10(14-2)7-5-9;1-2-3-4-5;/h7-14,18,20H,5-6,15-17,19H2,1-4H3,(H-,28,29,31);4-11,14,16,24H,12-13,15H2,1-3H3,(H,25,27);3-4,7-8,14H,5-6H2,1-2H3;3-7H,1,8H2,2H3,(H,12,13);2-4H2,1H3;1H/b;11-7+;;;;. The molecule has 0 aliphatic rings. The Bertz CT molecular complexity index is 3780. The van der Waals surface area contributed by atoms with Gasteiger partial charge in [0.05, 0.1) is 48.5 Å². The number of quaternary nitrogens is 1. The number of amides is 3. The minimum absolute atomic E-state index is 0. The lowest BCUT2D eigenvalue weighted by molar-refractivity contribution is -0.890. The number of unbranched alkanes of at least 4 members (excludes halogenated alkanes) is 2. The van der Waals surface area contributed by atoms with Crippen molar-refractivity contribution in [2.45, 2.75) is 78.4 Å². The average Bonchev–Trinajstić information content (AvgIpc) is 1.75. The van der Waals surface area contributed by atoms with Crippen LogP contribution in [0.4, 0.5) is 0 Å². The molecule has 0 aliphatic heterocycles. The Morgan fingerprint density at radius 2 is 0.895 bits per heavy atom. The molecule has 18 heteroatoms. The van der Waals surface area contributed by atoms with Gasteiger partial charge in [-0.05, 0) is 200 Å². The molecule has 0 saturated heterocycles. The molecule has 9 aromatic rings. The number of alkyl halides is 1. The van der Waals surface area contributed by atoms with Crippen molar-refractivity contribution >= 4 is 101 Å². The van der Waals surface area contributed by atoms with Gasteiger partial charge in [-0.3, -0.25) is 14.4 Å². The van der Waals surface area contributed by atoms with E-state index in [4.69, 9.17) is 14.2 Å². The molecule has 9 rings (SSSR count). The van der Waals surface area contributed by atoms with Gasteiger partial charge in [0.2, 0.25) is 17.7 Å². The summed E-state index contributed by atoms with van der Waals surface area (Å²) >= 11 is 5.89. The fourth-order valence-corrected chi connectivity index (χ4v) is 10.8. The number of aromatic nitrogens is 3. The van der Waals surface area contributed by atoms with E-state index in [2.05, 4.69) is 203 Å². The predicted molar refractivity (Wildman–Crippen MR) is 404 cm³/mol. The van der Waals surface area contributed by atoms with Crippen LogP contribution in [0.25, 0.3) is 44.9 Å². The minimum atomic E-state index is -0.166. The second-order valence-corrected chi connectivity index (χ2v) is 25.9. The van der Waals surface area contributed by atoms with E-state index in [1.807, 2.05) is 97.1 Å². The van der Waals surface area contributed by atoms with Crippen LogP contribution in [0, 0.1) is 0 Å². The van der Waals surface area contributed by atoms with Crippen molar-refractivity contribution < 1.29 is 57.1 Å². The second kappa shape index (κ2) is 43.8. The highest BCUT2D eigenvalue weighted by Crippen LogP contribution is 2.25. The smallest absolute Gasteiger partial charge is 0.244 e. The molecule has 6 aromatic carbocycles. The largest absolute Gasteiger partial charge is 1.00 e. The summed E-state index contributed by atoms with van der Waals surface area (Å²) in [5, 5.41) is 12.3. The monoisotopic (exact) mass is 1580 g/mol. The van der Waals surface area contributed by atoms with Gasteiger partial charge in [0.15, 0.2) is 0 Å². The van der Waals surface area contributed by atoms with E-state index < -0.39 is 0 Å². The zero-order chi connectivity index (χ0) is 68.3. The number of aromatic amines is 3. The van der Waals surface area contributed by atoms with Gasteiger partial charge in [-0.25, -0.2) is 0 Å². The van der Waals surface area contributed by atoms with Gasteiger partial charge in [-0.2, -0.15) is 0 Å². The molecule has 0 atom stereocenters. The number of rotatable bonds is 28. The maximum absolute atomic E-state index is 12.3. The van der Waals surface area contributed by atoms with Crippen LogP contribution in [-0.4, -0.2) is 141 Å². The van der Waals surface area contributed by atoms with E-state index in [0.29, 0.717) is 19.6 Å². The number of hydrogen-bond acceptors (Lipinski definition) is 8. The number of nitrogens with zero attached hydrogens (tertiary/aromatic N) is 3. The molecular formula is C77H100BrI2N9O6. The van der Waals surface area contributed by atoms with E-state index in [9.17, 15) is 14.4 Å². The molecule has 0 fully saturated rings. The Morgan fingerprint density at radius 1 is 0.526 bits per heavy atom. The Labute approximate surface area is 603 Å². The topological polar surface area (TPSA) is 169 Å². The summed E-state index contributed by atoms with van der Waals surface area (Å²) in [6.45, 7) is 13.7. The zero-order valence-corrected chi connectivity index (χ0v) is 63.4. The minimum Gasteiger partial charge on any atom is -1.00 e. The normalized spacial score (nSPS) is 11.0. The zero-order valence-electron chi connectivity index (χ0n) is 57.5. The SMILES string of the molecule is C=CC(=O)NCc1ccc(OC)cc1.CCCCI.CCCC[N+](C)(C)CCc1c[nH]c2ccc(/C=C/C(=O)NCc3ccc(OC)cc3)cc12.CN(C)CCc1c[nH]c2ccc(Br)cc12.COc1ccc(CNC(=O)/C=C/c2ccc3[nH]cc(CCN(C)C)c3c2)cc1.[I-]. The predicted octanol–water partition coefficient (Wildman–Crippen LogP) is 12.3. The average molecular weight is 1580 g/mol. The van der Waals surface area contributed by atoms with E-state index in [1.165, 1.54) is 81.1 Å². The summed E-state index contributed by atoms with van der Waals surface area (Å²) in [5.74, 6) is 2.04. The fraction of sp³-hybridized carbons (Fsp3) is 0.338. The number of ether oxygens (including phenoxy) is 3. The first kappa shape index (κ1) is 80.2. The molecular weight excluding hydrogens is 1480 g/mol. The van der Waals surface area contributed by atoms with E-state index >= 15 is 0 Å². The third kappa shape index (κ3) is 29.8. The van der Waals surface area contributed by atoms with Gasteiger partial charge in [0.1, 0.15) is 17.2 Å². The molecule has 3 amide bonds. The molecule has 510 valence electrons. The van der Waals surface area contributed by atoms with Crippen molar-refractivity contribution in [2.24, 2.45) is 0 Å². The van der Waals surface area contributed by atoms with Crippen LogP contribution < -0.4 is 54.1 Å². The number of nitrogens with one attached hydrogen (secondary N) is 6. The van der Waals surface area contributed by atoms with Gasteiger partial charge < -0.3 is 83.4 Å². The van der Waals surface area contributed by atoms with Crippen molar-refractivity contribution in [1.29, 1.82) is 0 Å². The summed E-state index contributed by atoms with van der Waals surface area (Å²) in [6, 6.07) is 41.7. The molecule has 3 aromatic heterocycles. The lowest BCUT2D eigenvalue weighted by Gasteiger charge is -2.29. The van der Waals surface area contributed by atoms with Crippen molar-refractivity contribution in [2.75, 3.05) is 94.2 Å². The highest BCUT2D eigenvalue weighted by Gasteiger charge is 2.16. The Balaban J connectivity index is 0.000000275. The molecule has 6 N–H and O–H groups in total. The highest BCUT2D eigenvalue weighted by atomic mass is 127. The van der Waals surface area contributed by atoms with Crippen LogP contribution in [0.3, 0.4) is 0 Å². The Hall–Kier alpha value is -7.21. The number of H-pyrrole nitrogens is 3. The Kier molecular flexibility index (Phi) is 37.0. The van der Waals surface area contributed by atoms with Crippen LogP contribution >= 0.6 is 38.5 Å². The Morgan fingerprint density at radius 3 is 1.24 bits per heavy atom. The maximum atomic E-state index is 12.3. The van der Waals surface area contributed by atoms with Crippen molar-refractivity contribution in [3.8, 4) is 17.2 Å². The molecule has 0 unspecified atom stereocenters. The summed E-state index contributed by atoms with van der Waals surface area (Å²) in [6.07, 6.45) is 22.8. The van der Waals surface area contributed by atoms with Gasteiger partial charge in [-0.15, -0.1) is 0 Å². The van der Waals surface area contributed by atoms with Crippen LogP contribution in [0.15, 0.2) is 175 Å². The summed E-state index contributed by atoms with van der Waals surface area (Å²) in [5.41, 5.74) is 12.6. The molecule has 0 spiro atoms. The summed E-state index contributed by atoms with van der Waals surface area (Å²) in [4.78, 5) is 49.6. The van der Waals surface area contributed by atoms with Crippen LogP contribution in [0.5, 0.6) is 17.2 Å². The number of benzene rings is 6. The molecule has 15 nitrogen and oxygen atoms in total. The van der Waals surface area contributed by atoms with Crippen molar-refractivity contribution in [3.63, 3.8) is 0 Å². The molecule has 0 radical (unpaired) electrons. The van der Waals surface area contributed by atoms with Crippen LogP contribution in [0.1, 0.15) is 84.0 Å². The second-order valence-electron chi connectivity index (χ2n) is 23.9. The molecule has 0 aliphatic carbocycles. The first-order chi connectivity index (χ1) is 45.3. The number of fused-ring (bicyclic) bond motifs is 3. The summed E-state index contributed by atoms with van der Waals surface area (Å²) in [7, 11) is 17.9. The summed E-state index contributed by atoms with van der Waals surface area (Å²) < 4.78 is 18.8. The van der Waals surface area contributed by atoms with E-state index in [0.717, 1.165) is 104 Å². The number of methoxy groups -OCH3 is 3. The number of carbonyl (C=O) groups is 3. The van der Waals surface area contributed by atoms with Crippen LogP contribution in [-0.2, 0) is 53.3 Å². The lowest BCUT2D eigenvalue weighted by atomic mass is 10.1. The molecule has 0 saturated carbocycles. The lowest BCUT2D eigenvalue weighted by Crippen LogP contribution is -3.00. The van der Waals surface area contributed by atoms with Gasteiger partial charge in [-0.1, -0.05) is 120 Å². The quantitative estimate of drug-likeness (QED) is 0.0122. The van der Waals surface area contributed by atoms with Gasteiger partial charge in [0, 0.05) is 107 Å². The number of carbonyl (C=O) groups excluding carboxylic acids is 3. The molecule has 0 bridgehead atoms. The van der Waals surface area contributed by atoms with Crippen LogP contribution in [0.2, 0.25) is 0 Å². The maximum Gasteiger partial charge on any atom is 0.244 e. The first-order valence-electron chi connectivity index (χ1n) is 32.1. The van der Waals surface area contributed by atoms with Crippen molar-refractivity contribution in [1.82, 2.24) is 40.7 Å². The third-order valence-corrected chi connectivity index (χ3v) is 16.7. The fourth-order valence-electron chi connectivity index (χ4n) is 9.64. The van der Waals surface area contributed by atoms with Crippen molar-refractivity contribution in [3.05, 3.63) is 220 Å². The third-order valence-electron chi connectivity index (χ3n) is 15.5. The number of hydrogen-bond donors (Lipinski definition) is 6. The molecule has 95 heavy (non-hydrogen) atoms. The van der Waals surface area contributed by atoms with E-state index in [-0.39, 0.29) is 41.7 Å².